The van der Waals surface area contributed by atoms with E-state index in [-0.39, 0.29) is 29.4 Å². The minimum atomic E-state index is -0.283. The first kappa shape index (κ1) is 16.6. The Bertz CT molecular complexity index is 802. The van der Waals surface area contributed by atoms with Crippen LogP contribution in [0, 0.1) is 11.2 Å². The fraction of sp³-hybridized carbons (Fsp3) is 0.333. The summed E-state index contributed by atoms with van der Waals surface area (Å²) in [6, 6.07) is 6.19. The van der Waals surface area contributed by atoms with Gasteiger partial charge >= 0.3 is 0 Å². The van der Waals surface area contributed by atoms with Crippen LogP contribution >= 0.6 is 11.3 Å². The molecular formula is C18H20FN3OS. The third-order valence-corrected chi connectivity index (χ3v) is 4.82. The van der Waals surface area contributed by atoms with E-state index in [0.717, 1.165) is 11.3 Å². The number of hydrogen-bond donors (Lipinski definition) is 2. The molecule has 0 amide bonds. The maximum atomic E-state index is 13.0. The van der Waals surface area contributed by atoms with Crippen LogP contribution in [0.5, 0.6) is 0 Å². The van der Waals surface area contributed by atoms with E-state index in [1.54, 1.807) is 17.0 Å². The lowest BCUT2D eigenvalue weighted by molar-refractivity contribution is 0.347. The molecule has 3 rings (SSSR count). The van der Waals surface area contributed by atoms with Crippen molar-refractivity contribution in [3.05, 3.63) is 57.5 Å². The largest absolute Gasteiger partial charge is 0.510 e. The summed E-state index contributed by atoms with van der Waals surface area (Å²) in [6.07, 6.45) is 0. The highest BCUT2D eigenvalue weighted by atomic mass is 32.1. The van der Waals surface area contributed by atoms with E-state index in [9.17, 15) is 9.50 Å². The number of nitrogens with zero attached hydrogens (tertiary/aromatic N) is 2. The Morgan fingerprint density at radius 2 is 1.96 bits per heavy atom. The van der Waals surface area contributed by atoms with E-state index < -0.39 is 0 Å². The first-order valence-electron chi connectivity index (χ1n) is 7.72. The highest BCUT2D eigenvalue weighted by Crippen LogP contribution is 2.33. The fourth-order valence-corrected chi connectivity index (χ4v) is 3.65. The third-order valence-electron chi connectivity index (χ3n) is 3.96. The lowest BCUT2D eigenvalue weighted by Crippen LogP contribution is -2.26. The number of amidine groups is 1. The topological polar surface area (TPSA) is 60.2 Å². The molecule has 2 heterocycles. The quantitative estimate of drug-likeness (QED) is 0.870. The zero-order valence-corrected chi connectivity index (χ0v) is 14.7. The second-order valence-electron chi connectivity index (χ2n) is 6.94. The van der Waals surface area contributed by atoms with Gasteiger partial charge in [0.25, 0.3) is 0 Å². The number of aromatic nitrogens is 1. The molecule has 6 heteroatoms. The molecule has 1 aliphatic rings. The molecule has 4 nitrogen and oxygen atoms in total. The van der Waals surface area contributed by atoms with E-state index in [2.05, 4.69) is 25.8 Å². The van der Waals surface area contributed by atoms with Crippen molar-refractivity contribution >= 4 is 22.7 Å². The van der Waals surface area contributed by atoms with Gasteiger partial charge in [-0.15, -0.1) is 11.3 Å². The van der Waals surface area contributed by atoms with Crippen molar-refractivity contribution in [2.24, 2.45) is 0 Å². The van der Waals surface area contributed by atoms with Gasteiger partial charge in [0.15, 0.2) is 0 Å². The van der Waals surface area contributed by atoms with Crippen molar-refractivity contribution in [1.82, 2.24) is 9.88 Å². The first-order valence-corrected chi connectivity index (χ1v) is 8.60. The van der Waals surface area contributed by atoms with E-state index >= 15 is 0 Å². The first-order chi connectivity index (χ1) is 11.3. The molecule has 2 N–H and O–H groups in total. The van der Waals surface area contributed by atoms with E-state index in [1.165, 1.54) is 23.5 Å². The van der Waals surface area contributed by atoms with E-state index in [0.29, 0.717) is 17.1 Å². The maximum absolute atomic E-state index is 13.0. The number of halogens is 1. The smallest absolute Gasteiger partial charge is 0.135 e. The standard InChI is InChI=1S/C18H20FN3OS/c1-18(2,3)14-10-24-17(21-14)15-13(23)9-22(16(15)20)8-11-4-6-12(19)7-5-11/h4-7,10,20,23H,8-9H2,1-3H3. The lowest BCUT2D eigenvalue weighted by Gasteiger charge is -2.18. The van der Waals surface area contributed by atoms with Crippen LogP contribution in [0.4, 0.5) is 4.39 Å². The number of benzene rings is 1. The maximum Gasteiger partial charge on any atom is 0.135 e. The molecule has 2 aromatic rings. The molecule has 126 valence electrons. The number of nitrogens with one attached hydrogen (secondary N) is 1. The molecular weight excluding hydrogens is 325 g/mol. The van der Waals surface area contributed by atoms with Crippen LogP contribution in [0.25, 0.3) is 5.57 Å². The summed E-state index contributed by atoms with van der Waals surface area (Å²) >= 11 is 1.45. The van der Waals surface area contributed by atoms with Crippen molar-refractivity contribution < 1.29 is 9.50 Å². The number of thiazole rings is 1. The molecule has 24 heavy (non-hydrogen) atoms. The van der Waals surface area contributed by atoms with Crippen LogP contribution < -0.4 is 0 Å². The van der Waals surface area contributed by atoms with Gasteiger partial charge in [0.05, 0.1) is 17.8 Å². The van der Waals surface area contributed by atoms with Crippen LogP contribution in [-0.4, -0.2) is 27.4 Å². The Hall–Kier alpha value is -2.21. The normalized spacial score (nSPS) is 15.5. The average Bonchev–Trinajstić information content (AvgIpc) is 3.07. The van der Waals surface area contributed by atoms with Gasteiger partial charge in [0.1, 0.15) is 22.4 Å². The summed E-state index contributed by atoms with van der Waals surface area (Å²) in [5.74, 6) is 0.137. The molecule has 0 fully saturated rings. The summed E-state index contributed by atoms with van der Waals surface area (Å²) < 4.78 is 13.0. The van der Waals surface area contributed by atoms with Crippen molar-refractivity contribution in [3.63, 3.8) is 0 Å². The molecule has 0 unspecified atom stereocenters. The fourth-order valence-electron chi connectivity index (χ4n) is 2.54. The summed E-state index contributed by atoms with van der Waals surface area (Å²) in [7, 11) is 0. The number of hydrogen-bond acceptors (Lipinski definition) is 4. The van der Waals surface area contributed by atoms with Gasteiger partial charge in [-0.05, 0) is 17.7 Å². The number of aliphatic hydroxyl groups excluding tert-OH is 1. The van der Waals surface area contributed by atoms with Crippen molar-refractivity contribution in [2.45, 2.75) is 32.7 Å². The Kier molecular flexibility index (Phi) is 4.17. The molecule has 1 aromatic heterocycles. The Balaban J connectivity index is 1.80. The van der Waals surface area contributed by atoms with Crippen LogP contribution in [0.15, 0.2) is 35.4 Å². The Morgan fingerprint density at radius 1 is 1.29 bits per heavy atom. The lowest BCUT2D eigenvalue weighted by atomic mass is 9.93. The van der Waals surface area contributed by atoms with Gasteiger partial charge < -0.3 is 10.0 Å². The molecule has 0 bridgehead atoms. The number of aliphatic hydroxyl groups is 1. The second kappa shape index (κ2) is 6.02. The van der Waals surface area contributed by atoms with Crippen LogP contribution in [-0.2, 0) is 12.0 Å². The molecule has 0 atom stereocenters. The van der Waals surface area contributed by atoms with Crippen LogP contribution in [0.3, 0.4) is 0 Å². The zero-order chi connectivity index (χ0) is 17.5. The van der Waals surface area contributed by atoms with Crippen molar-refractivity contribution in [1.29, 1.82) is 5.41 Å². The average molecular weight is 345 g/mol. The SMILES string of the molecule is CC(C)(C)c1csc(C2=C(O)CN(Cc3ccc(F)cc3)C2=N)n1. The molecule has 0 aliphatic carbocycles. The molecule has 0 radical (unpaired) electrons. The van der Waals surface area contributed by atoms with E-state index in [1.807, 2.05) is 5.38 Å². The summed E-state index contributed by atoms with van der Waals surface area (Å²) in [4.78, 5) is 6.36. The molecule has 0 spiro atoms. The molecule has 0 saturated carbocycles. The Morgan fingerprint density at radius 3 is 2.54 bits per heavy atom. The van der Waals surface area contributed by atoms with Crippen molar-refractivity contribution in [3.8, 4) is 0 Å². The summed E-state index contributed by atoms with van der Waals surface area (Å²) in [5.41, 5.74) is 2.27. The molecule has 1 aliphatic heterocycles. The van der Waals surface area contributed by atoms with Gasteiger partial charge in [0.2, 0.25) is 0 Å². The third kappa shape index (κ3) is 3.19. The van der Waals surface area contributed by atoms with Crippen LogP contribution in [0.2, 0.25) is 0 Å². The van der Waals surface area contributed by atoms with Gasteiger partial charge in [-0.1, -0.05) is 32.9 Å². The highest BCUT2D eigenvalue weighted by Gasteiger charge is 2.31. The van der Waals surface area contributed by atoms with Crippen molar-refractivity contribution in [2.75, 3.05) is 6.54 Å². The molecule has 0 saturated heterocycles. The summed E-state index contributed by atoms with van der Waals surface area (Å²) in [5, 5.41) is 21.4. The van der Waals surface area contributed by atoms with Gasteiger partial charge in [-0.3, -0.25) is 5.41 Å². The predicted octanol–water partition coefficient (Wildman–Crippen LogP) is 4.34. The Labute approximate surface area is 144 Å². The van der Waals surface area contributed by atoms with Crippen LogP contribution in [0.1, 0.15) is 37.0 Å². The minimum Gasteiger partial charge on any atom is -0.510 e. The minimum absolute atomic E-state index is 0.0699. The van der Waals surface area contributed by atoms with Gasteiger partial charge in [0, 0.05) is 17.3 Å². The second-order valence-corrected chi connectivity index (χ2v) is 7.80. The van der Waals surface area contributed by atoms with E-state index in [4.69, 9.17) is 5.41 Å². The predicted molar refractivity (Wildman–Crippen MR) is 94.9 cm³/mol. The summed E-state index contributed by atoms with van der Waals surface area (Å²) in [6.45, 7) is 6.97. The number of rotatable bonds is 3. The monoisotopic (exact) mass is 345 g/mol. The highest BCUT2D eigenvalue weighted by molar-refractivity contribution is 7.11. The van der Waals surface area contributed by atoms with Gasteiger partial charge in [-0.25, -0.2) is 9.37 Å². The molecule has 1 aromatic carbocycles. The zero-order valence-electron chi connectivity index (χ0n) is 13.9. The van der Waals surface area contributed by atoms with Gasteiger partial charge in [-0.2, -0.15) is 0 Å².